The number of non-ortho nitro benzene ring substituents is 4. The van der Waals surface area contributed by atoms with Gasteiger partial charge in [-0.2, -0.15) is 0 Å². The summed E-state index contributed by atoms with van der Waals surface area (Å²) in [7, 11) is 0. The fourth-order valence-corrected chi connectivity index (χ4v) is 13.1. The zero-order valence-electron chi connectivity index (χ0n) is 47.9. The Morgan fingerprint density at radius 3 is 0.656 bits per heavy atom. The normalized spacial score (nSPS) is 14.5. The maximum absolute atomic E-state index is 14.0. The van der Waals surface area contributed by atoms with Crippen molar-refractivity contribution in [2.24, 2.45) is 0 Å². The minimum absolute atomic E-state index is 0.0316. The summed E-state index contributed by atoms with van der Waals surface area (Å²) in [5.41, 5.74) is 0.164. The minimum Gasteiger partial charge on any atom is -0.303 e. The van der Waals surface area contributed by atoms with Crippen molar-refractivity contribution >= 4 is 113 Å². The molecule has 4 aliphatic heterocycles. The molecule has 26 nitrogen and oxygen atoms in total. The van der Waals surface area contributed by atoms with Crippen molar-refractivity contribution in [1.29, 1.82) is 0 Å². The van der Waals surface area contributed by atoms with Gasteiger partial charge in [-0.05, 0) is 151 Å². The molecule has 0 saturated heterocycles. The molecule has 8 amide bonds. The molecule has 0 spiro atoms. The van der Waals surface area contributed by atoms with Crippen LogP contribution in [0.25, 0.3) is 43.1 Å². The van der Waals surface area contributed by atoms with Crippen LogP contribution >= 0.6 is 0 Å². The van der Waals surface area contributed by atoms with Crippen LogP contribution in [0.5, 0.6) is 0 Å². The van der Waals surface area contributed by atoms with Crippen molar-refractivity contribution in [3.05, 3.63) is 206 Å². The lowest BCUT2D eigenvalue weighted by Crippen LogP contribution is -2.43. The van der Waals surface area contributed by atoms with Gasteiger partial charge in [-0.1, -0.05) is 24.3 Å². The van der Waals surface area contributed by atoms with E-state index in [0.29, 0.717) is 52.1 Å². The summed E-state index contributed by atoms with van der Waals surface area (Å²) in [6.07, 6.45) is 2.15. The quantitative estimate of drug-likeness (QED) is 0.0222. The molecule has 0 aliphatic carbocycles. The Balaban J connectivity index is 0.754. The smallest absolute Gasteiger partial charge is 0.277 e. The lowest BCUT2D eigenvalue weighted by molar-refractivity contribution is -0.383. The first-order valence-corrected chi connectivity index (χ1v) is 29.1. The van der Waals surface area contributed by atoms with Crippen molar-refractivity contribution in [1.82, 2.24) is 29.4 Å². The van der Waals surface area contributed by atoms with E-state index in [1.54, 1.807) is 0 Å². The number of carbonyl (C=O) groups excluding carboxylic acids is 8. The van der Waals surface area contributed by atoms with Gasteiger partial charge in [-0.15, -0.1) is 0 Å². The summed E-state index contributed by atoms with van der Waals surface area (Å²) in [4.78, 5) is 166. The van der Waals surface area contributed by atoms with Crippen LogP contribution in [0, 0.1) is 40.5 Å². The number of amides is 8. The third-order valence-corrected chi connectivity index (χ3v) is 17.3. The van der Waals surface area contributed by atoms with Crippen LogP contribution in [0.4, 0.5) is 22.7 Å². The fourth-order valence-electron chi connectivity index (χ4n) is 13.1. The fraction of sp³-hybridized carbons (Fsp3) is 0.250. The first-order chi connectivity index (χ1) is 43.4. The molecule has 0 fully saturated rings. The Kier molecular flexibility index (Phi) is 15.7. The van der Waals surface area contributed by atoms with Gasteiger partial charge in [-0.3, -0.25) is 98.4 Å². The first kappa shape index (κ1) is 59.2. The Hall–Kier alpha value is -11.1. The lowest BCUT2D eigenvalue weighted by Gasteiger charge is -2.30. The predicted molar refractivity (Wildman–Crippen MR) is 324 cm³/mol. The summed E-state index contributed by atoms with van der Waals surface area (Å²) in [5, 5.41) is 49.0. The van der Waals surface area contributed by atoms with Gasteiger partial charge in [0.2, 0.25) is 0 Å². The van der Waals surface area contributed by atoms with Crippen molar-refractivity contribution in [3.63, 3.8) is 0 Å². The molecule has 4 heterocycles. The van der Waals surface area contributed by atoms with E-state index in [-0.39, 0.29) is 162 Å². The molecule has 0 unspecified atom stereocenters. The highest BCUT2D eigenvalue weighted by Crippen LogP contribution is 2.40. The van der Waals surface area contributed by atoms with E-state index in [4.69, 9.17) is 0 Å². The SMILES string of the molecule is O=C1c2cccc3c([N+](=O)[O-])ccc(c23)C(=O)N1CCCN(CCCCN(CCCN1C(=O)c2cccc3c([N+](=O)[O-])ccc(c23)C1=O)CCCN1C(=O)c2cccc3c([N+](=O)[O-])ccc(c23)C1=O)CCCN1C(=O)c2cccc3c([N+](=O)[O-])ccc(c23)C1=O. The van der Waals surface area contributed by atoms with Gasteiger partial charge in [0, 0.05) is 116 Å². The zero-order valence-corrected chi connectivity index (χ0v) is 47.9. The third kappa shape index (κ3) is 10.2. The molecular formula is C64H52N10O16. The Bertz CT molecular complexity index is 3900. The topological polar surface area (TPSA) is 329 Å². The van der Waals surface area contributed by atoms with E-state index in [1.165, 1.54) is 121 Å². The van der Waals surface area contributed by atoms with Crippen LogP contribution in [-0.2, 0) is 0 Å². The van der Waals surface area contributed by atoms with E-state index >= 15 is 0 Å². The van der Waals surface area contributed by atoms with Crippen molar-refractivity contribution in [2.75, 3.05) is 65.4 Å². The molecule has 8 aromatic carbocycles. The maximum Gasteiger partial charge on any atom is 0.277 e. The van der Waals surface area contributed by atoms with E-state index in [9.17, 15) is 78.8 Å². The second-order valence-electron chi connectivity index (χ2n) is 22.3. The number of nitrogens with zero attached hydrogens (tertiary/aromatic N) is 10. The van der Waals surface area contributed by atoms with Crippen LogP contribution in [0.3, 0.4) is 0 Å². The number of carbonyl (C=O) groups is 8. The molecular weight excluding hydrogens is 1160 g/mol. The number of unbranched alkanes of at least 4 members (excludes halogenated alkanes) is 1. The van der Waals surface area contributed by atoms with Crippen LogP contribution in [-0.4, -0.2) is 162 Å². The second-order valence-corrected chi connectivity index (χ2v) is 22.3. The van der Waals surface area contributed by atoms with E-state index in [0.717, 1.165) is 19.6 Å². The average molecular weight is 1220 g/mol. The molecule has 0 N–H and O–H groups in total. The second kappa shape index (κ2) is 23.9. The number of hydrogen-bond donors (Lipinski definition) is 0. The average Bonchev–Trinajstić information content (AvgIpc) is 0.814. The Morgan fingerprint density at radius 1 is 0.267 bits per heavy atom. The molecule has 90 heavy (non-hydrogen) atoms. The van der Waals surface area contributed by atoms with Gasteiger partial charge >= 0.3 is 0 Å². The first-order valence-electron chi connectivity index (χ1n) is 29.1. The Labute approximate surface area is 509 Å². The van der Waals surface area contributed by atoms with Gasteiger partial charge < -0.3 is 9.80 Å². The van der Waals surface area contributed by atoms with Crippen molar-refractivity contribution < 1.29 is 58.0 Å². The third-order valence-electron chi connectivity index (χ3n) is 17.3. The van der Waals surface area contributed by atoms with E-state index in [2.05, 4.69) is 9.80 Å². The standard InChI is InChI=1S/C64H52N10O16/c75-57-41-15-3-11-37-49(71(83)84)23-19-45(53(37)41)61(79)67(57)33-7-29-65(30-8-34-68-58(76)42-16-4-12-38-50(72(85)86)24-20-46(54(38)42)62(68)80)27-1-2-28-66(31-9-35-69-59(77)43-17-5-13-39-51(73(87)88)25-21-47(55(39)43)63(69)81)32-10-36-70-60(78)44-18-6-14-40-52(74(89)90)26-22-48(56(40)44)64(70)82/h3-6,11-26H,1-2,7-10,27-36H2. The van der Waals surface area contributed by atoms with Gasteiger partial charge in [0.25, 0.3) is 70.0 Å². The van der Waals surface area contributed by atoms with Gasteiger partial charge in [0.05, 0.1) is 41.2 Å². The van der Waals surface area contributed by atoms with Gasteiger partial charge in [-0.25, -0.2) is 0 Å². The van der Waals surface area contributed by atoms with Crippen LogP contribution in [0.15, 0.2) is 121 Å². The highest BCUT2D eigenvalue weighted by Gasteiger charge is 2.39. The molecule has 0 radical (unpaired) electrons. The van der Waals surface area contributed by atoms with Gasteiger partial charge in [0.15, 0.2) is 0 Å². The van der Waals surface area contributed by atoms with Crippen molar-refractivity contribution in [2.45, 2.75) is 38.5 Å². The number of rotatable bonds is 25. The monoisotopic (exact) mass is 1220 g/mol. The highest BCUT2D eigenvalue weighted by atomic mass is 16.6. The minimum atomic E-state index is -0.613. The predicted octanol–water partition coefficient (Wildman–Crippen LogP) is 9.36. The zero-order chi connectivity index (χ0) is 63.4. The molecule has 0 saturated carbocycles. The molecule has 454 valence electrons. The number of nitro groups is 4. The summed E-state index contributed by atoms with van der Waals surface area (Å²) < 4.78 is 0. The highest BCUT2D eigenvalue weighted by molar-refractivity contribution is 6.29. The van der Waals surface area contributed by atoms with Crippen LogP contribution in [0.2, 0.25) is 0 Å². The summed E-state index contributed by atoms with van der Waals surface area (Å²) >= 11 is 0. The lowest BCUT2D eigenvalue weighted by atomic mass is 9.93. The Morgan fingerprint density at radius 2 is 0.456 bits per heavy atom. The number of benzene rings is 8. The van der Waals surface area contributed by atoms with Crippen molar-refractivity contribution in [3.8, 4) is 0 Å². The number of nitro benzene ring substituents is 4. The number of hydrogen-bond acceptors (Lipinski definition) is 18. The van der Waals surface area contributed by atoms with Crippen LogP contribution in [0.1, 0.15) is 121 Å². The molecule has 0 bridgehead atoms. The van der Waals surface area contributed by atoms with E-state index < -0.39 is 67.0 Å². The van der Waals surface area contributed by atoms with Crippen LogP contribution < -0.4 is 0 Å². The van der Waals surface area contributed by atoms with Gasteiger partial charge in [0.1, 0.15) is 0 Å². The molecule has 12 rings (SSSR count). The summed E-state index contributed by atoms with van der Waals surface area (Å²) in [6.45, 7) is 1.99. The molecule has 4 aliphatic rings. The number of imide groups is 4. The molecule has 0 aromatic heterocycles. The molecule has 26 heteroatoms. The summed E-state index contributed by atoms with van der Waals surface area (Å²) in [6, 6.07) is 28.4. The largest absolute Gasteiger partial charge is 0.303 e. The molecule has 0 atom stereocenters. The van der Waals surface area contributed by atoms with E-state index in [1.807, 2.05) is 0 Å². The summed E-state index contributed by atoms with van der Waals surface area (Å²) in [5.74, 6) is -4.90. The maximum atomic E-state index is 14.0. The molecule has 8 aromatic rings.